The fraction of sp³-hybridized carbons (Fsp3) is 0.667. The highest BCUT2D eigenvalue weighted by atomic mass is 32.1. The quantitative estimate of drug-likeness (QED) is 0.396. The van der Waals surface area contributed by atoms with Gasteiger partial charge >= 0.3 is 0 Å². The highest BCUT2D eigenvalue weighted by molar-refractivity contribution is 7.81. The van der Waals surface area contributed by atoms with Crippen molar-refractivity contribution >= 4 is 24.2 Å². The molecule has 0 N–H and O–H groups in total. The average Bonchev–Trinajstić information content (AvgIpc) is 1.98. The molecule has 0 amide bonds. The van der Waals surface area contributed by atoms with E-state index < -0.39 is 5.92 Å². The maximum atomic E-state index is 10.8. The van der Waals surface area contributed by atoms with E-state index in [2.05, 4.69) is 12.6 Å². The number of ketones is 2. The Kier molecular flexibility index (Phi) is 1.62. The Bertz CT molecular complexity index is 164. The molecule has 0 bridgehead atoms. The molecule has 2 unspecified atom stereocenters. The van der Waals surface area contributed by atoms with Gasteiger partial charge in [0, 0.05) is 6.42 Å². The molecule has 1 fully saturated rings. The second kappa shape index (κ2) is 2.14. The van der Waals surface area contributed by atoms with Crippen LogP contribution in [0.5, 0.6) is 0 Å². The average molecular weight is 144 g/mol. The molecular weight excluding hydrogens is 136 g/mol. The molecule has 3 heteroatoms. The maximum Gasteiger partial charge on any atom is 0.156 e. The molecule has 0 spiro atoms. The summed E-state index contributed by atoms with van der Waals surface area (Å²) in [4.78, 5) is 21.5. The number of carbonyl (C=O) groups excluding carboxylic acids is 2. The molecule has 2 nitrogen and oxygen atoms in total. The zero-order chi connectivity index (χ0) is 7.02. The Morgan fingerprint density at radius 3 is 2.22 bits per heavy atom. The standard InChI is InChI=1S/C6H8O2S/c1-3-4(7)2-5(9)6(3)8/h3,5,9H,2H2,1H3. The summed E-state index contributed by atoms with van der Waals surface area (Å²) in [5.74, 6) is -0.393. The van der Waals surface area contributed by atoms with Crippen LogP contribution in [-0.2, 0) is 9.59 Å². The topological polar surface area (TPSA) is 34.1 Å². The van der Waals surface area contributed by atoms with Crippen molar-refractivity contribution in [2.24, 2.45) is 5.92 Å². The normalized spacial score (nSPS) is 35.8. The van der Waals surface area contributed by atoms with Gasteiger partial charge in [-0.3, -0.25) is 9.59 Å². The lowest BCUT2D eigenvalue weighted by Crippen LogP contribution is -2.12. The molecule has 50 valence electrons. The van der Waals surface area contributed by atoms with Crippen molar-refractivity contribution in [2.75, 3.05) is 0 Å². The molecule has 0 radical (unpaired) electrons. The summed E-state index contributed by atoms with van der Waals surface area (Å²) in [6.07, 6.45) is 0.323. The van der Waals surface area contributed by atoms with Gasteiger partial charge in [-0.05, 0) is 6.92 Å². The van der Waals surface area contributed by atoms with Gasteiger partial charge in [-0.2, -0.15) is 12.6 Å². The van der Waals surface area contributed by atoms with Crippen LogP contribution in [0.25, 0.3) is 0 Å². The van der Waals surface area contributed by atoms with Crippen LogP contribution < -0.4 is 0 Å². The lowest BCUT2D eigenvalue weighted by molar-refractivity contribution is -0.126. The molecule has 1 rings (SSSR count). The van der Waals surface area contributed by atoms with Gasteiger partial charge in [0.25, 0.3) is 0 Å². The predicted octanol–water partition coefficient (Wildman–Crippen LogP) is 0.463. The van der Waals surface area contributed by atoms with E-state index >= 15 is 0 Å². The zero-order valence-electron chi connectivity index (χ0n) is 5.13. The molecule has 0 aromatic carbocycles. The van der Waals surface area contributed by atoms with Crippen LogP contribution in [0, 0.1) is 5.92 Å². The molecule has 0 heterocycles. The van der Waals surface area contributed by atoms with Crippen molar-refractivity contribution < 1.29 is 9.59 Å². The maximum absolute atomic E-state index is 10.8. The largest absolute Gasteiger partial charge is 0.299 e. The summed E-state index contributed by atoms with van der Waals surface area (Å²) in [5.41, 5.74) is 0. The van der Waals surface area contributed by atoms with E-state index in [1.165, 1.54) is 0 Å². The Morgan fingerprint density at radius 2 is 2.11 bits per heavy atom. The van der Waals surface area contributed by atoms with Crippen LogP contribution in [0.2, 0.25) is 0 Å². The number of hydrogen-bond donors (Lipinski definition) is 1. The SMILES string of the molecule is CC1C(=O)CC(S)C1=O. The zero-order valence-corrected chi connectivity index (χ0v) is 6.02. The van der Waals surface area contributed by atoms with Gasteiger partial charge < -0.3 is 0 Å². The van der Waals surface area contributed by atoms with Crippen LogP contribution in [0.15, 0.2) is 0 Å². The minimum absolute atomic E-state index is 0.0247. The van der Waals surface area contributed by atoms with E-state index in [4.69, 9.17) is 0 Å². The van der Waals surface area contributed by atoms with Gasteiger partial charge in [-0.25, -0.2) is 0 Å². The molecule has 0 aromatic rings. The second-order valence-electron chi connectivity index (χ2n) is 2.31. The first-order valence-electron chi connectivity index (χ1n) is 2.87. The van der Waals surface area contributed by atoms with Gasteiger partial charge in [0.05, 0.1) is 11.2 Å². The van der Waals surface area contributed by atoms with Gasteiger partial charge in [0.15, 0.2) is 5.78 Å². The molecule has 0 saturated heterocycles. The van der Waals surface area contributed by atoms with E-state index in [-0.39, 0.29) is 16.8 Å². The Hall–Kier alpha value is -0.310. The molecule has 0 aromatic heterocycles. The van der Waals surface area contributed by atoms with Gasteiger partial charge in [0.1, 0.15) is 5.78 Å². The Labute approximate surface area is 59.0 Å². The monoisotopic (exact) mass is 144 g/mol. The molecular formula is C6H8O2S. The van der Waals surface area contributed by atoms with Crippen molar-refractivity contribution in [1.82, 2.24) is 0 Å². The minimum Gasteiger partial charge on any atom is -0.299 e. The Balaban J connectivity index is 2.77. The minimum atomic E-state index is -0.396. The van der Waals surface area contributed by atoms with Gasteiger partial charge in [-0.15, -0.1) is 0 Å². The Morgan fingerprint density at radius 1 is 1.56 bits per heavy atom. The fourth-order valence-corrected chi connectivity index (χ4v) is 1.32. The summed E-state index contributed by atoms with van der Waals surface area (Å²) in [7, 11) is 0. The highest BCUT2D eigenvalue weighted by Crippen LogP contribution is 2.21. The first-order chi connectivity index (χ1) is 4.13. The van der Waals surface area contributed by atoms with Crippen molar-refractivity contribution in [2.45, 2.75) is 18.6 Å². The number of carbonyl (C=O) groups is 2. The van der Waals surface area contributed by atoms with Crippen molar-refractivity contribution in [1.29, 1.82) is 0 Å². The van der Waals surface area contributed by atoms with E-state index in [0.29, 0.717) is 6.42 Å². The predicted molar refractivity (Wildman–Crippen MR) is 36.6 cm³/mol. The van der Waals surface area contributed by atoms with Crippen molar-refractivity contribution in [3.63, 3.8) is 0 Å². The summed E-state index contributed by atoms with van der Waals surface area (Å²) < 4.78 is 0. The highest BCUT2D eigenvalue weighted by Gasteiger charge is 2.35. The van der Waals surface area contributed by atoms with E-state index in [0.717, 1.165) is 0 Å². The third kappa shape index (κ3) is 1.01. The summed E-state index contributed by atoms with van der Waals surface area (Å²) in [6, 6.07) is 0. The molecule has 1 aliphatic carbocycles. The van der Waals surface area contributed by atoms with Crippen molar-refractivity contribution in [3.05, 3.63) is 0 Å². The third-order valence-corrected chi connectivity index (χ3v) is 2.07. The smallest absolute Gasteiger partial charge is 0.156 e. The van der Waals surface area contributed by atoms with Crippen LogP contribution in [0.3, 0.4) is 0 Å². The molecule has 1 aliphatic rings. The molecule has 1 saturated carbocycles. The van der Waals surface area contributed by atoms with Crippen LogP contribution >= 0.6 is 12.6 Å². The number of rotatable bonds is 0. The van der Waals surface area contributed by atoms with Crippen LogP contribution in [-0.4, -0.2) is 16.8 Å². The van der Waals surface area contributed by atoms with Gasteiger partial charge in [0.2, 0.25) is 0 Å². The van der Waals surface area contributed by atoms with Gasteiger partial charge in [-0.1, -0.05) is 0 Å². The van der Waals surface area contributed by atoms with Crippen LogP contribution in [0.1, 0.15) is 13.3 Å². The molecule has 2 atom stereocenters. The molecule has 0 aliphatic heterocycles. The molecule has 9 heavy (non-hydrogen) atoms. The fourth-order valence-electron chi connectivity index (χ4n) is 0.915. The third-order valence-electron chi connectivity index (χ3n) is 1.63. The first kappa shape index (κ1) is 6.81. The lowest BCUT2D eigenvalue weighted by atomic mass is 10.1. The first-order valence-corrected chi connectivity index (χ1v) is 3.39. The lowest BCUT2D eigenvalue weighted by Gasteiger charge is -1.94. The summed E-state index contributed by atoms with van der Waals surface area (Å²) in [5, 5.41) is -0.326. The number of Topliss-reactive ketones (excluding diaryl/α,β-unsaturated/α-hetero) is 2. The van der Waals surface area contributed by atoms with Crippen molar-refractivity contribution in [3.8, 4) is 0 Å². The van der Waals surface area contributed by atoms with Crippen LogP contribution in [0.4, 0.5) is 0 Å². The van der Waals surface area contributed by atoms with E-state index in [9.17, 15) is 9.59 Å². The number of thiol groups is 1. The van der Waals surface area contributed by atoms with E-state index in [1.807, 2.05) is 0 Å². The number of hydrogen-bond acceptors (Lipinski definition) is 3. The summed E-state index contributed by atoms with van der Waals surface area (Å²) in [6.45, 7) is 1.64. The van der Waals surface area contributed by atoms with E-state index in [1.54, 1.807) is 6.92 Å². The summed E-state index contributed by atoms with van der Waals surface area (Å²) >= 11 is 3.94. The second-order valence-corrected chi connectivity index (χ2v) is 2.93.